The minimum Gasteiger partial charge on any atom is -0.378 e. The molecule has 0 radical (unpaired) electrons. The first-order chi connectivity index (χ1) is 11.1. The molecule has 0 aromatic carbocycles. The Morgan fingerprint density at radius 2 is 2.09 bits per heavy atom. The van der Waals surface area contributed by atoms with Crippen LogP contribution in [0.25, 0.3) is 0 Å². The number of nitrogens with zero attached hydrogens (tertiary/aromatic N) is 2. The second-order valence-electron chi connectivity index (χ2n) is 6.74. The van der Waals surface area contributed by atoms with Crippen LogP contribution in [0, 0.1) is 0 Å². The van der Waals surface area contributed by atoms with E-state index in [1.165, 1.54) is 41.8 Å². The summed E-state index contributed by atoms with van der Waals surface area (Å²) in [4.78, 5) is 7.02. The van der Waals surface area contributed by atoms with E-state index in [1.54, 1.807) is 0 Å². The number of nitrogens with one attached hydrogen (secondary N) is 1. The van der Waals surface area contributed by atoms with E-state index in [4.69, 9.17) is 4.98 Å². The largest absolute Gasteiger partial charge is 0.378 e. The first-order valence-electron chi connectivity index (χ1n) is 8.82. The fourth-order valence-corrected chi connectivity index (χ4v) is 2.85. The van der Waals surface area contributed by atoms with E-state index in [2.05, 4.69) is 49.5 Å². The zero-order valence-electron chi connectivity index (χ0n) is 14.8. The summed E-state index contributed by atoms with van der Waals surface area (Å²) in [7, 11) is 2.13. The summed E-state index contributed by atoms with van der Waals surface area (Å²) in [5, 5.41) is 3.41. The lowest BCUT2D eigenvalue weighted by Crippen LogP contribution is -2.18. The maximum absolute atomic E-state index is 4.76. The molecule has 0 bridgehead atoms. The molecule has 2 heterocycles. The molecule has 0 saturated carbocycles. The van der Waals surface area contributed by atoms with Crippen molar-refractivity contribution >= 4 is 5.82 Å². The van der Waals surface area contributed by atoms with Gasteiger partial charge in [-0.2, -0.15) is 0 Å². The number of fused-ring (bicyclic) bond motifs is 1. The third-order valence-corrected chi connectivity index (χ3v) is 4.51. The number of anilines is 1. The van der Waals surface area contributed by atoms with Crippen molar-refractivity contribution in [1.29, 1.82) is 0 Å². The molecular formula is C20H31N3. The van der Waals surface area contributed by atoms with Crippen molar-refractivity contribution in [1.82, 2.24) is 9.88 Å². The number of hydrogen-bond acceptors (Lipinski definition) is 3. The topological polar surface area (TPSA) is 28.2 Å². The van der Waals surface area contributed by atoms with Gasteiger partial charge in [-0.3, -0.25) is 0 Å². The summed E-state index contributed by atoms with van der Waals surface area (Å²) in [6.45, 7) is 12.3. The second kappa shape index (κ2) is 8.76. The van der Waals surface area contributed by atoms with Gasteiger partial charge < -0.3 is 10.2 Å². The molecule has 0 saturated heterocycles. The molecule has 126 valence electrons. The molecular weight excluding hydrogens is 282 g/mol. The molecule has 1 aromatic rings. The minimum absolute atomic E-state index is 1.02. The highest BCUT2D eigenvalue weighted by molar-refractivity contribution is 5.46. The number of aryl methyl sites for hydroxylation is 2. The summed E-state index contributed by atoms with van der Waals surface area (Å²) in [5.74, 6) is 1.11. The van der Waals surface area contributed by atoms with Gasteiger partial charge in [-0.25, -0.2) is 4.98 Å². The standard InChI is InChI=1S/C20H31N3/c1-16(2)13-15-23(4)17(3)8-5-6-10-19-12-11-18-9-7-14-21-20(18)22-19/h11-12H,1,3,5-10,13-15H2,2,4H3,(H,21,22). The number of pyridine rings is 1. The Kier molecular flexibility index (Phi) is 6.69. The number of unbranched alkanes of at least 4 members (excludes halogenated alkanes) is 1. The lowest BCUT2D eigenvalue weighted by atomic mass is 10.1. The second-order valence-corrected chi connectivity index (χ2v) is 6.74. The van der Waals surface area contributed by atoms with Crippen LogP contribution in [0.2, 0.25) is 0 Å². The molecule has 1 aromatic heterocycles. The van der Waals surface area contributed by atoms with Gasteiger partial charge in [0.2, 0.25) is 0 Å². The molecule has 23 heavy (non-hydrogen) atoms. The van der Waals surface area contributed by atoms with Gasteiger partial charge in [0.1, 0.15) is 5.82 Å². The van der Waals surface area contributed by atoms with E-state index in [-0.39, 0.29) is 0 Å². The van der Waals surface area contributed by atoms with E-state index in [1.807, 2.05) is 0 Å². The highest BCUT2D eigenvalue weighted by Crippen LogP contribution is 2.20. The lowest BCUT2D eigenvalue weighted by Gasteiger charge is -2.21. The van der Waals surface area contributed by atoms with E-state index >= 15 is 0 Å². The normalized spacial score (nSPS) is 13.1. The maximum atomic E-state index is 4.76. The third-order valence-electron chi connectivity index (χ3n) is 4.51. The van der Waals surface area contributed by atoms with Crippen LogP contribution in [-0.4, -0.2) is 30.0 Å². The van der Waals surface area contributed by atoms with Crippen molar-refractivity contribution in [3.05, 3.63) is 47.8 Å². The van der Waals surface area contributed by atoms with Crippen LogP contribution in [0.4, 0.5) is 5.82 Å². The maximum Gasteiger partial charge on any atom is 0.129 e. The number of allylic oxidation sites excluding steroid dienone is 1. The molecule has 3 heteroatoms. The molecule has 1 aliphatic rings. The Morgan fingerprint density at radius 3 is 2.87 bits per heavy atom. The van der Waals surface area contributed by atoms with Crippen LogP contribution in [0.3, 0.4) is 0 Å². The Hall–Kier alpha value is -1.77. The monoisotopic (exact) mass is 313 g/mol. The van der Waals surface area contributed by atoms with Gasteiger partial charge in [-0.05, 0) is 63.5 Å². The lowest BCUT2D eigenvalue weighted by molar-refractivity contribution is 0.402. The molecule has 2 rings (SSSR count). The Labute approximate surface area is 141 Å². The summed E-state index contributed by atoms with van der Waals surface area (Å²) >= 11 is 0. The Bertz CT molecular complexity index is 548. The zero-order chi connectivity index (χ0) is 16.7. The average molecular weight is 313 g/mol. The van der Waals surface area contributed by atoms with Gasteiger partial charge in [0, 0.05) is 31.5 Å². The molecule has 0 spiro atoms. The van der Waals surface area contributed by atoms with Gasteiger partial charge in [-0.15, -0.1) is 6.58 Å². The van der Waals surface area contributed by atoms with Crippen molar-refractivity contribution in [3.8, 4) is 0 Å². The highest BCUT2D eigenvalue weighted by Gasteiger charge is 2.10. The smallest absolute Gasteiger partial charge is 0.129 e. The first-order valence-corrected chi connectivity index (χ1v) is 8.82. The number of hydrogen-bond donors (Lipinski definition) is 1. The zero-order valence-corrected chi connectivity index (χ0v) is 14.8. The third kappa shape index (κ3) is 5.74. The summed E-state index contributed by atoms with van der Waals surface area (Å²) in [6.07, 6.45) is 7.87. The van der Waals surface area contributed by atoms with Gasteiger partial charge >= 0.3 is 0 Å². The van der Waals surface area contributed by atoms with Crippen LogP contribution in [0.5, 0.6) is 0 Å². The predicted octanol–water partition coefficient (Wildman–Crippen LogP) is 4.56. The summed E-state index contributed by atoms with van der Waals surface area (Å²) in [6, 6.07) is 4.44. The molecule has 1 N–H and O–H groups in total. The van der Waals surface area contributed by atoms with Crippen molar-refractivity contribution in [2.75, 3.05) is 25.5 Å². The van der Waals surface area contributed by atoms with Crippen LogP contribution in [0.1, 0.15) is 50.3 Å². The molecule has 0 amide bonds. The predicted molar refractivity (Wildman–Crippen MR) is 99.8 cm³/mol. The van der Waals surface area contributed by atoms with Crippen LogP contribution in [0.15, 0.2) is 36.6 Å². The van der Waals surface area contributed by atoms with Crippen LogP contribution < -0.4 is 5.32 Å². The Morgan fingerprint density at radius 1 is 1.26 bits per heavy atom. The molecule has 0 fully saturated rings. The molecule has 0 unspecified atom stereocenters. The molecule has 0 atom stereocenters. The van der Waals surface area contributed by atoms with Crippen molar-refractivity contribution < 1.29 is 0 Å². The molecule has 3 nitrogen and oxygen atoms in total. The highest BCUT2D eigenvalue weighted by atomic mass is 15.1. The van der Waals surface area contributed by atoms with Gasteiger partial charge in [0.05, 0.1) is 0 Å². The SMILES string of the molecule is C=C(C)CCN(C)C(=C)CCCCc1ccc2c(n1)NCCC2. The quantitative estimate of drug-likeness (QED) is 0.535. The summed E-state index contributed by atoms with van der Waals surface area (Å²) in [5.41, 5.74) is 5.04. The van der Waals surface area contributed by atoms with E-state index in [0.29, 0.717) is 0 Å². The van der Waals surface area contributed by atoms with Gasteiger partial charge in [0.15, 0.2) is 0 Å². The number of aromatic nitrogens is 1. The van der Waals surface area contributed by atoms with Crippen molar-refractivity contribution in [2.24, 2.45) is 0 Å². The number of rotatable bonds is 9. The average Bonchev–Trinajstić information content (AvgIpc) is 2.56. The molecule has 1 aliphatic heterocycles. The minimum atomic E-state index is 1.02. The van der Waals surface area contributed by atoms with Crippen molar-refractivity contribution in [3.63, 3.8) is 0 Å². The Balaban J connectivity index is 1.69. The van der Waals surface area contributed by atoms with E-state index in [9.17, 15) is 0 Å². The molecule has 0 aliphatic carbocycles. The van der Waals surface area contributed by atoms with Gasteiger partial charge in [0.25, 0.3) is 0 Å². The van der Waals surface area contributed by atoms with E-state index < -0.39 is 0 Å². The fraction of sp³-hybridized carbons (Fsp3) is 0.550. The summed E-state index contributed by atoms with van der Waals surface area (Å²) < 4.78 is 0. The first kappa shape index (κ1) is 17.6. The van der Waals surface area contributed by atoms with Gasteiger partial charge in [-0.1, -0.05) is 18.2 Å². The van der Waals surface area contributed by atoms with Crippen LogP contribution >= 0.6 is 0 Å². The fourth-order valence-electron chi connectivity index (χ4n) is 2.85. The van der Waals surface area contributed by atoms with E-state index in [0.717, 1.165) is 44.6 Å². The van der Waals surface area contributed by atoms with Crippen molar-refractivity contribution in [2.45, 2.75) is 51.9 Å². The van der Waals surface area contributed by atoms with Crippen LogP contribution in [-0.2, 0) is 12.8 Å².